The van der Waals surface area contributed by atoms with Crippen LogP contribution in [0.15, 0.2) is 65.9 Å². The Bertz CT molecular complexity index is 1250. The van der Waals surface area contributed by atoms with Crippen molar-refractivity contribution in [2.75, 3.05) is 24.3 Å². The molecular weight excluding hydrogens is 445 g/mol. The maximum atomic E-state index is 14.6. The maximum absolute atomic E-state index is 14.6. The van der Waals surface area contributed by atoms with Crippen molar-refractivity contribution < 1.29 is 14.0 Å². The number of nitrogens with one attached hydrogen (secondary N) is 1. The summed E-state index contributed by atoms with van der Waals surface area (Å²) < 4.78 is 14.6. The summed E-state index contributed by atoms with van der Waals surface area (Å²) in [4.78, 5) is 31.2. The van der Waals surface area contributed by atoms with Crippen LogP contribution >= 0.6 is 11.6 Å². The molecule has 3 amide bonds. The van der Waals surface area contributed by atoms with E-state index in [1.807, 2.05) is 0 Å². The molecule has 1 N–H and O–H groups in total. The zero-order valence-electron chi connectivity index (χ0n) is 17.8. The van der Waals surface area contributed by atoms with E-state index in [2.05, 4.69) is 21.3 Å². The number of amides is 3. The molecule has 1 aromatic heterocycles. The first kappa shape index (κ1) is 23.4. The predicted molar refractivity (Wildman–Crippen MR) is 127 cm³/mol. The number of halogens is 2. The number of terminal acetylenes is 1. The van der Waals surface area contributed by atoms with E-state index in [0.29, 0.717) is 16.1 Å². The molecule has 0 saturated heterocycles. The van der Waals surface area contributed by atoms with Crippen molar-refractivity contribution in [2.45, 2.75) is 0 Å². The topological polar surface area (TPSA) is 77.9 Å². The lowest BCUT2D eigenvalue weighted by atomic mass is 10.2. The van der Waals surface area contributed by atoms with E-state index in [9.17, 15) is 14.0 Å². The van der Waals surface area contributed by atoms with Crippen LogP contribution in [0.25, 0.3) is 0 Å². The Hall–Kier alpha value is -4.22. The van der Waals surface area contributed by atoms with Gasteiger partial charge in [-0.3, -0.25) is 4.79 Å². The number of benzene rings is 2. The van der Waals surface area contributed by atoms with Crippen LogP contribution in [0.5, 0.6) is 0 Å². The zero-order chi connectivity index (χ0) is 24.0. The normalized spacial score (nSPS) is 10.5. The summed E-state index contributed by atoms with van der Waals surface area (Å²) in [5.74, 6) is 1.02. The molecule has 0 aliphatic carbocycles. The van der Waals surface area contributed by atoms with Crippen molar-refractivity contribution in [1.82, 2.24) is 9.99 Å². The summed E-state index contributed by atoms with van der Waals surface area (Å²) >= 11 is 6.00. The number of pyridine rings is 1. The van der Waals surface area contributed by atoms with Gasteiger partial charge in [0.25, 0.3) is 5.91 Å². The van der Waals surface area contributed by atoms with Crippen LogP contribution in [-0.2, 0) is 0 Å². The van der Waals surface area contributed by atoms with Crippen LogP contribution < -0.4 is 10.2 Å². The number of nitrogens with zero attached hydrogens (tertiary/aromatic N) is 4. The first-order valence-electron chi connectivity index (χ1n) is 9.63. The Labute approximate surface area is 195 Å². The van der Waals surface area contributed by atoms with Crippen molar-refractivity contribution in [1.29, 1.82) is 0 Å². The zero-order valence-corrected chi connectivity index (χ0v) is 18.5. The number of hydrazone groups is 1. The third kappa shape index (κ3) is 5.93. The second-order valence-electron chi connectivity index (χ2n) is 6.96. The molecule has 1 heterocycles. The van der Waals surface area contributed by atoms with Gasteiger partial charge in [0.15, 0.2) is 0 Å². The third-order valence-corrected chi connectivity index (χ3v) is 4.53. The SMILES string of the molecule is C#Cc1ccc(N(C(=O)Nc2ccc(C=NN(C)C)cc2F)C(=O)c2cccc(Cl)c2)nc1. The van der Waals surface area contributed by atoms with Gasteiger partial charge in [0.1, 0.15) is 11.6 Å². The number of aromatic nitrogens is 1. The van der Waals surface area contributed by atoms with Crippen molar-refractivity contribution in [3.05, 3.63) is 88.3 Å². The first-order chi connectivity index (χ1) is 15.8. The molecule has 2 aromatic carbocycles. The number of carbonyl (C=O) groups is 2. The molecule has 3 rings (SSSR count). The van der Waals surface area contributed by atoms with Gasteiger partial charge in [-0.1, -0.05) is 29.7 Å². The summed E-state index contributed by atoms with van der Waals surface area (Å²) in [6, 6.07) is 12.3. The second-order valence-corrected chi connectivity index (χ2v) is 7.40. The first-order valence-corrected chi connectivity index (χ1v) is 10.0. The number of carbonyl (C=O) groups excluding carboxylic acids is 2. The van der Waals surface area contributed by atoms with Gasteiger partial charge >= 0.3 is 6.03 Å². The summed E-state index contributed by atoms with van der Waals surface area (Å²) in [5.41, 5.74) is 0.996. The lowest BCUT2D eigenvalue weighted by molar-refractivity contribution is 0.0995. The van der Waals surface area contributed by atoms with Gasteiger partial charge in [-0.05, 0) is 48.0 Å². The lowest BCUT2D eigenvalue weighted by Crippen LogP contribution is -2.41. The van der Waals surface area contributed by atoms with Gasteiger partial charge in [0.05, 0.1) is 11.9 Å². The highest BCUT2D eigenvalue weighted by molar-refractivity contribution is 6.31. The molecule has 33 heavy (non-hydrogen) atoms. The average Bonchev–Trinajstić information content (AvgIpc) is 2.80. The van der Waals surface area contributed by atoms with E-state index < -0.39 is 17.8 Å². The minimum absolute atomic E-state index is 0.00613. The molecule has 0 saturated carbocycles. The molecule has 0 bridgehead atoms. The quantitative estimate of drug-likeness (QED) is 0.340. The molecular formula is C24H19ClFN5O2. The molecule has 166 valence electrons. The Morgan fingerprint density at radius 3 is 2.58 bits per heavy atom. The Morgan fingerprint density at radius 2 is 1.97 bits per heavy atom. The van der Waals surface area contributed by atoms with Gasteiger partial charge < -0.3 is 10.3 Å². The summed E-state index contributed by atoms with van der Waals surface area (Å²) in [5, 5.41) is 8.34. The fraction of sp³-hybridized carbons (Fsp3) is 0.0833. The van der Waals surface area contributed by atoms with E-state index in [0.717, 1.165) is 4.90 Å². The van der Waals surface area contributed by atoms with Crippen LogP contribution in [0.3, 0.4) is 0 Å². The van der Waals surface area contributed by atoms with Gasteiger partial charge in [-0.25, -0.2) is 19.1 Å². The number of urea groups is 1. The van der Waals surface area contributed by atoms with E-state index >= 15 is 0 Å². The monoisotopic (exact) mass is 463 g/mol. The summed E-state index contributed by atoms with van der Waals surface area (Å²) in [7, 11) is 3.47. The summed E-state index contributed by atoms with van der Waals surface area (Å²) in [6.45, 7) is 0. The summed E-state index contributed by atoms with van der Waals surface area (Å²) in [6.07, 6.45) is 8.17. The standard InChI is InChI=1S/C24H19ClFN5O2/c1-4-16-9-11-22(27-14-16)31(23(32)18-6-5-7-19(25)13-18)24(33)29-21-10-8-17(12-20(21)26)15-28-30(2)3/h1,5-15H,2-3H3,(H,29,33). The molecule has 9 heteroatoms. The Morgan fingerprint density at radius 1 is 1.18 bits per heavy atom. The molecule has 7 nitrogen and oxygen atoms in total. The fourth-order valence-corrected chi connectivity index (χ4v) is 2.91. The van der Waals surface area contributed by atoms with Gasteiger partial charge in [0.2, 0.25) is 0 Å². The smallest absolute Gasteiger partial charge is 0.304 e. The van der Waals surface area contributed by atoms with Crippen LogP contribution in [0.4, 0.5) is 20.7 Å². The molecule has 0 fully saturated rings. The van der Waals surface area contributed by atoms with E-state index in [-0.39, 0.29) is 17.1 Å². The highest BCUT2D eigenvalue weighted by Gasteiger charge is 2.27. The predicted octanol–water partition coefficient (Wildman–Crippen LogP) is 4.63. The van der Waals surface area contributed by atoms with Crippen LogP contribution in [-0.4, -0.2) is 42.2 Å². The van der Waals surface area contributed by atoms with E-state index in [1.54, 1.807) is 37.3 Å². The highest BCUT2D eigenvalue weighted by Crippen LogP contribution is 2.21. The van der Waals surface area contributed by atoms with Gasteiger partial charge in [-0.2, -0.15) is 5.10 Å². The Kier molecular flexibility index (Phi) is 7.38. The number of anilines is 2. The fourth-order valence-electron chi connectivity index (χ4n) is 2.72. The van der Waals surface area contributed by atoms with Crippen LogP contribution in [0, 0.1) is 18.2 Å². The molecule has 0 spiro atoms. The average molecular weight is 464 g/mol. The van der Waals surface area contributed by atoms with Crippen molar-refractivity contribution in [3.63, 3.8) is 0 Å². The van der Waals surface area contributed by atoms with Crippen molar-refractivity contribution >= 4 is 41.3 Å². The number of hydrogen-bond acceptors (Lipinski definition) is 5. The van der Waals surface area contributed by atoms with Gasteiger partial charge in [-0.15, -0.1) is 6.42 Å². The molecule has 0 atom stereocenters. The Balaban J connectivity index is 1.94. The van der Waals surface area contributed by atoms with Crippen molar-refractivity contribution in [2.24, 2.45) is 5.10 Å². The molecule has 3 aromatic rings. The maximum Gasteiger partial charge on any atom is 0.334 e. The van der Waals surface area contributed by atoms with E-state index in [4.69, 9.17) is 18.0 Å². The minimum atomic E-state index is -0.908. The third-order valence-electron chi connectivity index (χ3n) is 4.29. The molecule has 0 unspecified atom stereocenters. The van der Waals surface area contributed by atoms with Crippen LogP contribution in [0.2, 0.25) is 5.02 Å². The van der Waals surface area contributed by atoms with Crippen LogP contribution in [0.1, 0.15) is 21.5 Å². The number of rotatable bonds is 5. The van der Waals surface area contributed by atoms with Gasteiger partial charge in [0, 0.05) is 36.4 Å². The highest BCUT2D eigenvalue weighted by atomic mass is 35.5. The number of imide groups is 1. The molecule has 0 aliphatic rings. The number of hydrogen-bond donors (Lipinski definition) is 1. The second kappa shape index (κ2) is 10.4. The lowest BCUT2D eigenvalue weighted by Gasteiger charge is -2.21. The molecule has 0 radical (unpaired) electrons. The van der Waals surface area contributed by atoms with Crippen molar-refractivity contribution in [3.8, 4) is 12.3 Å². The minimum Gasteiger partial charge on any atom is -0.304 e. The van der Waals surface area contributed by atoms with E-state index in [1.165, 1.54) is 48.8 Å². The largest absolute Gasteiger partial charge is 0.334 e. The molecule has 0 aliphatic heterocycles.